The van der Waals surface area contributed by atoms with E-state index in [1.807, 2.05) is 18.2 Å². The van der Waals surface area contributed by atoms with Gasteiger partial charge in [0.2, 0.25) is 5.82 Å². The maximum atomic E-state index is 14.1. The molecule has 0 aliphatic heterocycles. The van der Waals surface area contributed by atoms with Crippen LogP contribution in [0.25, 0.3) is 11.4 Å². The number of hydrogen-bond acceptors (Lipinski definition) is 8. The van der Waals surface area contributed by atoms with Gasteiger partial charge in [-0.2, -0.15) is 15.2 Å². The molecule has 0 fully saturated rings. The molecule has 2 aromatic carbocycles. The second-order valence-electron chi connectivity index (χ2n) is 6.45. The van der Waals surface area contributed by atoms with Crippen LogP contribution in [0.1, 0.15) is 11.4 Å². The smallest absolute Gasteiger partial charge is 0.322 e. The number of benzene rings is 2. The van der Waals surface area contributed by atoms with Crippen molar-refractivity contribution in [3.63, 3.8) is 0 Å². The number of nitrogens with one attached hydrogen (secondary N) is 2. The van der Waals surface area contributed by atoms with E-state index in [1.54, 1.807) is 26.0 Å². The number of rotatable bonds is 6. The Bertz CT molecular complexity index is 1310. The first-order valence-electron chi connectivity index (χ1n) is 8.98. The van der Waals surface area contributed by atoms with E-state index in [2.05, 4.69) is 35.3 Å². The summed E-state index contributed by atoms with van der Waals surface area (Å²) >= 11 is 0. The van der Waals surface area contributed by atoms with Crippen LogP contribution in [-0.4, -0.2) is 39.0 Å². The summed E-state index contributed by atoms with van der Waals surface area (Å²) < 4.78 is 48.1. The number of para-hydroxylation sites is 1. The fourth-order valence-electron chi connectivity index (χ4n) is 2.78. The monoisotopic (exact) mass is 441 g/mol. The third-order valence-electron chi connectivity index (χ3n) is 4.27. The van der Waals surface area contributed by atoms with Gasteiger partial charge in [-0.15, -0.1) is 10.2 Å². The molecule has 2 aromatic heterocycles. The largest absolute Gasteiger partial charge is 0.424 e. The predicted octanol–water partition coefficient (Wildman–Crippen LogP) is 3.01. The lowest BCUT2D eigenvalue weighted by Gasteiger charge is -2.14. The Morgan fingerprint density at radius 1 is 1.03 bits per heavy atom. The molecule has 10 nitrogen and oxygen atoms in total. The third kappa shape index (κ3) is 4.33. The summed E-state index contributed by atoms with van der Waals surface area (Å²) in [6.07, 6.45) is 0. The van der Waals surface area contributed by atoms with Crippen LogP contribution in [0.15, 0.2) is 53.4 Å². The van der Waals surface area contributed by atoms with Crippen LogP contribution in [0.4, 0.5) is 10.1 Å². The van der Waals surface area contributed by atoms with Gasteiger partial charge in [0, 0.05) is 0 Å². The minimum atomic E-state index is -4.08. The molecular formula is C19H16FN7O3S. The van der Waals surface area contributed by atoms with Crippen LogP contribution >= 0.6 is 0 Å². The number of anilines is 1. The molecule has 0 amide bonds. The molecule has 2 heterocycles. The van der Waals surface area contributed by atoms with Crippen molar-refractivity contribution in [2.24, 2.45) is 0 Å². The number of sulfonamides is 1. The zero-order chi connectivity index (χ0) is 22.0. The molecule has 4 aromatic rings. The fraction of sp³-hybridized carbons (Fsp3) is 0.105. The lowest BCUT2D eigenvalue weighted by atomic mass is 10.2. The standard InChI is InChI=1S/C19H16FN7O3S/c1-11-17(12(2)22-19(21-11)30-13-6-4-3-5-7-13)25-31(28,29)14-8-9-16(20)15(10-14)18-23-26-27-24-18/h3-10,25H,1-2H3,(H,23,24,26,27). The molecule has 0 saturated carbocycles. The number of tetrazole rings is 1. The van der Waals surface area contributed by atoms with Crippen molar-refractivity contribution in [2.75, 3.05) is 4.72 Å². The zero-order valence-corrected chi connectivity index (χ0v) is 17.2. The summed E-state index contributed by atoms with van der Waals surface area (Å²) in [4.78, 5) is 8.27. The third-order valence-corrected chi connectivity index (χ3v) is 5.62. The van der Waals surface area contributed by atoms with Gasteiger partial charge >= 0.3 is 6.01 Å². The van der Waals surface area contributed by atoms with E-state index in [0.29, 0.717) is 17.1 Å². The van der Waals surface area contributed by atoms with E-state index in [4.69, 9.17) is 4.74 Å². The number of H-pyrrole nitrogens is 1. The van der Waals surface area contributed by atoms with Crippen LogP contribution in [0.2, 0.25) is 0 Å². The van der Waals surface area contributed by atoms with Crippen LogP contribution < -0.4 is 9.46 Å². The van der Waals surface area contributed by atoms with Gasteiger partial charge in [-0.25, -0.2) is 12.8 Å². The molecule has 0 aliphatic carbocycles. The average molecular weight is 441 g/mol. The number of aromatic nitrogens is 6. The van der Waals surface area contributed by atoms with Crippen LogP contribution in [0.3, 0.4) is 0 Å². The Labute approximate surface area is 176 Å². The SMILES string of the molecule is Cc1nc(Oc2ccccc2)nc(C)c1NS(=O)(=O)c1ccc(F)c(-c2nn[nH]n2)c1. The van der Waals surface area contributed by atoms with Gasteiger partial charge in [-0.3, -0.25) is 4.72 Å². The summed E-state index contributed by atoms with van der Waals surface area (Å²) in [5.41, 5.74) is 0.823. The van der Waals surface area contributed by atoms with Crippen LogP contribution in [0.5, 0.6) is 11.8 Å². The predicted molar refractivity (Wildman–Crippen MR) is 108 cm³/mol. The molecule has 0 atom stereocenters. The minimum absolute atomic E-state index is 0.0624. The van der Waals surface area contributed by atoms with E-state index < -0.39 is 15.8 Å². The minimum Gasteiger partial charge on any atom is -0.424 e. The molecule has 158 valence electrons. The van der Waals surface area contributed by atoms with Crippen LogP contribution in [0, 0.1) is 19.7 Å². The Hall–Kier alpha value is -3.93. The van der Waals surface area contributed by atoms with Crippen molar-refractivity contribution >= 4 is 15.7 Å². The van der Waals surface area contributed by atoms with Gasteiger partial charge in [0.1, 0.15) is 11.6 Å². The van der Waals surface area contributed by atoms with Gasteiger partial charge in [-0.05, 0) is 49.4 Å². The van der Waals surface area contributed by atoms with E-state index in [9.17, 15) is 12.8 Å². The van der Waals surface area contributed by atoms with Gasteiger partial charge < -0.3 is 4.74 Å². The van der Waals surface area contributed by atoms with Crippen molar-refractivity contribution in [1.82, 2.24) is 30.6 Å². The first kappa shape index (κ1) is 20.3. The molecule has 0 spiro atoms. The lowest BCUT2D eigenvalue weighted by Crippen LogP contribution is -2.16. The number of halogens is 1. The highest BCUT2D eigenvalue weighted by molar-refractivity contribution is 7.92. The van der Waals surface area contributed by atoms with Crippen molar-refractivity contribution in [3.8, 4) is 23.1 Å². The number of hydrogen-bond donors (Lipinski definition) is 2. The Morgan fingerprint density at radius 2 is 1.74 bits per heavy atom. The molecule has 4 rings (SSSR count). The van der Waals surface area contributed by atoms with Crippen molar-refractivity contribution in [3.05, 3.63) is 65.7 Å². The quantitative estimate of drug-likeness (QED) is 0.466. The summed E-state index contributed by atoms with van der Waals surface area (Å²) in [5.74, 6) is -0.193. The summed E-state index contributed by atoms with van der Waals surface area (Å²) in [6, 6.07) is 12.3. The average Bonchev–Trinajstić information content (AvgIpc) is 3.26. The lowest BCUT2D eigenvalue weighted by molar-refractivity contribution is 0.439. The van der Waals surface area contributed by atoms with E-state index in [0.717, 1.165) is 18.2 Å². The van der Waals surface area contributed by atoms with Crippen LogP contribution in [-0.2, 0) is 10.0 Å². The topological polar surface area (TPSA) is 136 Å². The maximum absolute atomic E-state index is 14.1. The van der Waals surface area contributed by atoms with Gasteiger partial charge in [0.15, 0.2) is 0 Å². The molecule has 0 saturated heterocycles. The van der Waals surface area contributed by atoms with Crippen molar-refractivity contribution in [1.29, 1.82) is 0 Å². The fourth-order valence-corrected chi connectivity index (χ4v) is 3.99. The number of ether oxygens (including phenoxy) is 1. The molecule has 31 heavy (non-hydrogen) atoms. The molecule has 0 bridgehead atoms. The molecule has 12 heteroatoms. The van der Waals surface area contributed by atoms with Gasteiger partial charge in [-0.1, -0.05) is 18.2 Å². The highest BCUT2D eigenvalue weighted by Crippen LogP contribution is 2.27. The number of aryl methyl sites for hydroxylation is 2. The summed E-state index contributed by atoms with van der Waals surface area (Å²) in [7, 11) is -4.08. The number of aromatic amines is 1. The first-order valence-corrected chi connectivity index (χ1v) is 10.5. The highest BCUT2D eigenvalue weighted by Gasteiger charge is 2.22. The Morgan fingerprint density at radius 3 is 2.39 bits per heavy atom. The maximum Gasteiger partial charge on any atom is 0.322 e. The highest BCUT2D eigenvalue weighted by atomic mass is 32.2. The van der Waals surface area contributed by atoms with E-state index >= 15 is 0 Å². The molecule has 0 radical (unpaired) electrons. The second-order valence-corrected chi connectivity index (χ2v) is 8.13. The van der Waals surface area contributed by atoms with E-state index in [-0.39, 0.29) is 28.0 Å². The normalized spacial score (nSPS) is 11.3. The zero-order valence-electron chi connectivity index (χ0n) is 16.4. The Balaban J connectivity index is 1.63. The molecule has 2 N–H and O–H groups in total. The van der Waals surface area contributed by atoms with Gasteiger partial charge in [0.25, 0.3) is 10.0 Å². The van der Waals surface area contributed by atoms with Crippen molar-refractivity contribution in [2.45, 2.75) is 18.7 Å². The number of nitrogens with zero attached hydrogens (tertiary/aromatic N) is 5. The van der Waals surface area contributed by atoms with Crippen molar-refractivity contribution < 1.29 is 17.5 Å². The molecule has 0 aliphatic rings. The summed E-state index contributed by atoms with van der Waals surface area (Å²) in [5, 5.41) is 12.9. The molecular weight excluding hydrogens is 425 g/mol. The van der Waals surface area contributed by atoms with E-state index in [1.165, 1.54) is 0 Å². The summed E-state index contributed by atoms with van der Waals surface area (Å²) in [6.45, 7) is 3.25. The first-order chi connectivity index (χ1) is 14.8. The second kappa shape index (κ2) is 8.07. The molecule has 0 unspecified atom stereocenters. The Kier molecular flexibility index (Phi) is 5.29. The van der Waals surface area contributed by atoms with Gasteiger partial charge in [0.05, 0.1) is 27.5 Å².